The van der Waals surface area contributed by atoms with Crippen molar-refractivity contribution in [3.63, 3.8) is 0 Å². The van der Waals surface area contributed by atoms with Gasteiger partial charge in [0.05, 0.1) is 23.7 Å². The second-order valence-corrected chi connectivity index (χ2v) is 8.03. The number of aliphatic carboxylic acids is 1. The van der Waals surface area contributed by atoms with E-state index in [1.54, 1.807) is 24.5 Å². The Kier molecular flexibility index (Phi) is 6.63. The molecule has 168 valence electrons. The van der Waals surface area contributed by atoms with Crippen LogP contribution < -0.4 is 4.74 Å². The molecule has 2 heterocycles. The number of hydrogen-bond acceptors (Lipinski definition) is 5. The summed E-state index contributed by atoms with van der Waals surface area (Å²) in [6.45, 7) is 2.34. The second kappa shape index (κ2) is 9.77. The number of nitrogens with zero attached hydrogens (tertiary/aromatic N) is 1. The summed E-state index contributed by atoms with van der Waals surface area (Å²) in [6.07, 6.45) is 7.63. The first-order chi connectivity index (χ1) is 15.6. The highest BCUT2D eigenvalue weighted by Gasteiger charge is 2.35. The van der Waals surface area contributed by atoms with Gasteiger partial charge in [0.25, 0.3) is 5.91 Å². The molecule has 1 fully saturated rings. The molecular weight excluding hydrogens is 410 g/mol. The van der Waals surface area contributed by atoms with Crippen LogP contribution in [0.4, 0.5) is 0 Å². The van der Waals surface area contributed by atoms with Crippen LogP contribution in [0.5, 0.6) is 5.75 Å². The molecule has 3 aromatic rings. The van der Waals surface area contributed by atoms with Crippen LogP contribution >= 0.6 is 0 Å². The molecule has 7 nitrogen and oxygen atoms in total. The van der Waals surface area contributed by atoms with Gasteiger partial charge in [-0.15, -0.1) is 0 Å². The number of carbonyl (C=O) groups excluding carboxylic acids is 1. The van der Waals surface area contributed by atoms with E-state index >= 15 is 0 Å². The molecule has 1 atom stereocenters. The van der Waals surface area contributed by atoms with Crippen LogP contribution in [-0.2, 0) is 11.3 Å². The smallest absolute Gasteiger partial charge is 0.344 e. The first-order valence-corrected chi connectivity index (χ1v) is 11.0. The molecule has 1 saturated carbocycles. The number of furan rings is 2. The number of unbranched alkanes of at least 4 members (excludes halogenated alkanes) is 1. The highest BCUT2D eigenvalue weighted by Crippen LogP contribution is 2.34. The number of carboxylic acid groups (broad SMARTS) is 1. The Bertz CT molecular complexity index is 1050. The van der Waals surface area contributed by atoms with Gasteiger partial charge in [-0.2, -0.15) is 0 Å². The lowest BCUT2D eigenvalue weighted by Crippen LogP contribution is -2.33. The van der Waals surface area contributed by atoms with Crippen molar-refractivity contribution in [1.29, 1.82) is 0 Å². The molecule has 0 bridgehead atoms. The van der Waals surface area contributed by atoms with Crippen LogP contribution in [0.15, 0.2) is 64.0 Å². The molecule has 1 aliphatic carbocycles. The molecule has 0 spiro atoms. The number of amides is 1. The Morgan fingerprint density at radius 2 is 2.00 bits per heavy atom. The van der Waals surface area contributed by atoms with Gasteiger partial charge in [-0.05, 0) is 43.9 Å². The van der Waals surface area contributed by atoms with Gasteiger partial charge >= 0.3 is 5.97 Å². The first-order valence-electron chi connectivity index (χ1n) is 11.0. The average Bonchev–Trinajstić information content (AvgIpc) is 3.26. The SMILES string of the molecule is CCCCC(Oc1ccccc1CN(C(=O)c1ccoc1-c1ccoc1)C1CC1)C(=O)O. The zero-order valence-corrected chi connectivity index (χ0v) is 18.0. The monoisotopic (exact) mass is 437 g/mol. The van der Waals surface area contributed by atoms with E-state index in [0.717, 1.165) is 31.2 Å². The predicted molar refractivity (Wildman–Crippen MR) is 117 cm³/mol. The van der Waals surface area contributed by atoms with Crippen molar-refractivity contribution in [1.82, 2.24) is 4.90 Å². The summed E-state index contributed by atoms with van der Waals surface area (Å²) >= 11 is 0. The Balaban J connectivity index is 1.57. The topological polar surface area (TPSA) is 93.1 Å². The molecule has 1 unspecified atom stereocenters. The fraction of sp³-hybridized carbons (Fsp3) is 0.360. The number of benzene rings is 1. The molecule has 2 aromatic heterocycles. The third-order valence-electron chi connectivity index (χ3n) is 5.61. The summed E-state index contributed by atoms with van der Waals surface area (Å²) in [5.74, 6) is -0.138. The zero-order chi connectivity index (χ0) is 22.5. The highest BCUT2D eigenvalue weighted by atomic mass is 16.5. The van der Waals surface area contributed by atoms with E-state index in [2.05, 4.69) is 0 Å². The predicted octanol–water partition coefficient (Wildman–Crippen LogP) is 5.37. The minimum atomic E-state index is -0.980. The van der Waals surface area contributed by atoms with Crippen molar-refractivity contribution >= 4 is 11.9 Å². The lowest BCUT2D eigenvalue weighted by Gasteiger charge is -2.25. The average molecular weight is 437 g/mol. The lowest BCUT2D eigenvalue weighted by molar-refractivity contribution is -0.145. The minimum absolute atomic E-state index is 0.131. The number of ether oxygens (including phenoxy) is 1. The summed E-state index contributed by atoms with van der Waals surface area (Å²) < 4.78 is 16.6. The van der Waals surface area contributed by atoms with Crippen LogP contribution in [0.25, 0.3) is 11.3 Å². The number of rotatable bonds is 11. The van der Waals surface area contributed by atoms with Crippen LogP contribution in [0.3, 0.4) is 0 Å². The quantitative estimate of drug-likeness (QED) is 0.434. The molecule has 0 saturated heterocycles. The van der Waals surface area contributed by atoms with E-state index in [9.17, 15) is 14.7 Å². The maximum absolute atomic E-state index is 13.5. The molecule has 0 radical (unpaired) electrons. The van der Waals surface area contributed by atoms with Gasteiger partial charge in [-0.1, -0.05) is 31.5 Å². The van der Waals surface area contributed by atoms with Crippen molar-refractivity contribution < 1.29 is 28.3 Å². The Labute approximate surface area is 186 Å². The normalized spacial score (nSPS) is 14.2. The van der Waals surface area contributed by atoms with Crippen LogP contribution in [-0.4, -0.2) is 34.0 Å². The molecule has 7 heteroatoms. The largest absolute Gasteiger partial charge is 0.479 e. The molecule has 32 heavy (non-hydrogen) atoms. The maximum Gasteiger partial charge on any atom is 0.344 e. The zero-order valence-electron chi connectivity index (χ0n) is 18.0. The Morgan fingerprint density at radius 3 is 2.69 bits per heavy atom. The number of hydrogen-bond donors (Lipinski definition) is 1. The summed E-state index contributed by atoms with van der Waals surface area (Å²) in [4.78, 5) is 27.0. The lowest BCUT2D eigenvalue weighted by atomic mass is 10.1. The summed E-state index contributed by atoms with van der Waals surface area (Å²) in [5, 5.41) is 9.56. The van der Waals surface area contributed by atoms with Crippen molar-refractivity contribution in [2.45, 2.75) is 57.7 Å². The van der Waals surface area contributed by atoms with E-state index in [-0.39, 0.29) is 11.9 Å². The summed E-state index contributed by atoms with van der Waals surface area (Å²) in [5.41, 5.74) is 1.96. The third kappa shape index (κ3) is 4.88. The van der Waals surface area contributed by atoms with Gasteiger partial charge in [0.15, 0.2) is 6.10 Å². The van der Waals surface area contributed by atoms with Gasteiger partial charge in [0.2, 0.25) is 0 Å². The van der Waals surface area contributed by atoms with Gasteiger partial charge < -0.3 is 23.6 Å². The van der Waals surface area contributed by atoms with Crippen LogP contribution in [0, 0.1) is 0 Å². The molecule has 1 aromatic carbocycles. The second-order valence-electron chi connectivity index (χ2n) is 8.03. The molecule has 1 N–H and O–H groups in total. The van der Waals surface area contributed by atoms with Gasteiger partial charge in [-0.3, -0.25) is 4.79 Å². The standard InChI is InChI=1S/C25H27NO6/c1-2-3-7-22(25(28)29)32-21-8-5-4-6-17(21)15-26(19-9-10-19)24(27)20-12-14-31-23(20)18-11-13-30-16-18/h4-6,8,11-14,16,19,22H,2-3,7,9-10,15H2,1H3,(H,28,29). The number of carbonyl (C=O) groups is 2. The van der Waals surface area contributed by atoms with Crippen molar-refractivity contribution in [2.24, 2.45) is 0 Å². The fourth-order valence-corrected chi connectivity index (χ4v) is 3.71. The molecular formula is C25H27NO6. The van der Waals surface area contributed by atoms with Gasteiger partial charge in [0.1, 0.15) is 17.8 Å². The van der Waals surface area contributed by atoms with E-state index in [1.807, 2.05) is 30.0 Å². The molecule has 4 rings (SSSR count). The summed E-state index contributed by atoms with van der Waals surface area (Å²) in [6, 6.07) is 10.9. The van der Waals surface area contributed by atoms with E-state index in [4.69, 9.17) is 13.6 Å². The maximum atomic E-state index is 13.5. The van der Waals surface area contributed by atoms with E-state index in [0.29, 0.717) is 35.6 Å². The van der Waals surface area contributed by atoms with E-state index < -0.39 is 12.1 Å². The fourth-order valence-electron chi connectivity index (χ4n) is 3.71. The Hall–Kier alpha value is -3.48. The van der Waals surface area contributed by atoms with Crippen molar-refractivity contribution in [2.75, 3.05) is 0 Å². The van der Waals surface area contributed by atoms with Crippen LogP contribution in [0.1, 0.15) is 54.9 Å². The van der Waals surface area contributed by atoms with E-state index in [1.165, 1.54) is 12.5 Å². The first kappa shape index (κ1) is 21.7. The Morgan fingerprint density at radius 1 is 1.19 bits per heavy atom. The number of para-hydroxylation sites is 1. The minimum Gasteiger partial charge on any atom is -0.479 e. The highest BCUT2D eigenvalue weighted by molar-refractivity contribution is 5.99. The molecule has 1 aliphatic rings. The molecule has 1 amide bonds. The molecule has 0 aliphatic heterocycles. The van der Waals surface area contributed by atoms with Crippen molar-refractivity contribution in [3.8, 4) is 17.1 Å². The van der Waals surface area contributed by atoms with Gasteiger partial charge in [0, 0.05) is 18.2 Å². The third-order valence-corrected chi connectivity index (χ3v) is 5.61. The number of carboxylic acids is 1. The van der Waals surface area contributed by atoms with Crippen LogP contribution in [0.2, 0.25) is 0 Å². The van der Waals surface area contributed by atoms with Crippen molar-refractivity contribution in [3.05, 3.63) is 66.3 Å². The van der Waals surface area contributed by atoms with Gasteiger partial charge in [-0.25, -0.2) is 4.79 Å². The summed E-state index contributed by atoms with van der Waals surface area (Å²) in [7, 11) is 0.